The van der Waals surface area contributed by atoms with E-state index >= 15 is 0 Å². The van der Waals surface area contributed by atoms with Gasteiger partial charge in [-0.3, -0.25) is 4.79 Å². The first-order valence-corrected chi connectivity index (χ1v) is 5.64. The molecule has 17 heavy (non-hydrogen) atoms. The predicted molar refractivity (Wildman–Crippen MR) is 63.1 cm³/mol. The molecule has 1 aromatic rings. The monoisotopic (exact) mass is 235 g/mol. The van der Waals surface area contributed by atoms with Crippen molar-refractivity contribution in [3.8, 4) is 0 Å². The van der Waals surface area contributed by atoms with Crippen LogP contribution in [-0.2, 0) is 17.9 Å². The molecule has 0 radical (unpaired) electrons. The lowest BCUT2D eigenvalue weighted by Gasteiger charge is -2.26. The molecule has 0 fully saturated rings. The largest absolute Gasteiger partial charge is 0.331 e. The highest BCUT2D eigenvalue weighted by atomic mass is 16.2. The zero-order valence-corrected chi connectivity index (χ0v) is 10.2. The van der Waals surface area contributed by atoms with Crippen molar-refractivity contribution in [3.05, 3.63) is 24.0 Å². The lowest BCUT2D eigenvalue weighted by Crippen LogP contribution is -2.37. The molecule has 6 nitrogen and oxygen atoms in total. The van der Waals surface area contributed by atoms with Crippen LogP contribution in [0.15, 0.2) is 18.3 Å². The Labute approximate surface area is 100 Å². The maximum absolute atomic E-state index is 11.9. The Morgan fingerprint density at radius 2 is 2.35 bits per heavy atom. The molecule has 0 atom stereocenters. The van der Waals surface area contributed by atoms with E-state index in [1.807, 2.05) is 34.7 Å². The van der Waals surface area contributed by atoms with E-state index in [-0.39, 0.29) is 5.91 Å². The van der Waals surface area contributed by atoms with Gasteiger partial charge < -0.3 is 9.80 Å². The Balaban J connectivity index is 1.92. The molecule has 0 aliphatic carbocycles. The predicted octanol–water partition coefficient (Wildman–Crippen LogP) is -0.262. The molecular formula is C11H17N5O. The molecule has 1 aliphatic heterocycles. The summed E-state index contributed by atoms with van der Waals surface area (Å²) in [6, 6.07) is 0. The van der Waals surface area contributed by atoms with Crippen molar-refractivity contribution in [3.63, 3.8) is 0 Å². The first-order valence-electron chi connectivity index (χ1n) is 5.64. The van der Waals surface area contributed by atoms with Crippen molar-refractivity contribution in [1.29, 1.82) is 0 Å². The van der Waals surface area contributed by atoms with E-state index in [1.54, 1.807) is 12.3 Å². The highest BCUT2D eigenvalue weighted by Gasteiger charge is 2.19. The lowest BCUT2D eigenvalue weighted by atomic mass is 10.3. The lowest BCUT2D eigenvalue weighted by molar-refractivity contribution is -0.127. The van der Waals surface area contributed by atoms with Crippen molar-refractivity contribution >= 4 is 5.91 Å². The number of amides is 1. The second-order valence-electron chi connectivity index (χ2n) is 4.37. The molecule has 1 aliphatic rings. The molecule has 0 N–H and O–H groups in total. The summed E-state index contributed by atoms with van der Waals surface area (Å²) in [5.74, 6) is 0.0549. The van der Waals surface area contributed by atoms with E-state index in [0.29, 0.717) is 13.1 Å². The molecule has 2 rings (SSSR count). The van der Waals surface area contributed by atoms with Gasteiger partial charge in [0.1, 0.15) is 0 Å². The Kier molecular flexibility index (Phi) is 3.53. The fraction of sp³-hybridized carbons (Fsp3) is 0.545. The van der Waals surface area contributed by atoms with Gasteiger partial charge in [0.25, 0.3) is 0 Å². The standard InChI is InChI=1S/C11H17N5O/c1-14(2)5-3-4-11(17)15-6-7-16-10(9-15)8-12-13-16/h3-4,8H,5-7,9H2,1-2H3/b4-3+. The van der Waals surface area contributed by atoms with E-state index in [9.17, 15) is 4.79 Å². The molecule has 0 saturated carbocycles. The van der Waals surface area contributed by atoms with E-state index in [1.165, 1.54) is 0 Å². The van der Waals surface area contributed by atoms with Gasteiger partial charge in [-0.15, -0.1) is 5.10 Å². The molecule has 1 amide bonds. The van der Waals surface area contributed by atoms with Crippen LogP contribution < -0.4 is 0 Å². The number of carbonyl (C=O) groups excluding carboxylic acids is 1. The van der Waals surface area contributed by atoms with Gasteiger partial charge in [0, 0.05) is 19.2 Å². The van der Waals surface area contributed by atoms with Crippen molar-refractivity contribution < 1.29 is 4.79 Å². The van der Waals surface area contributed by atoms with Crippen LogP contribution in [0.25, 0.3) is 0 Å². The summed E-state index contributed by atoms with van der Waals surface area (Å²) in [6.07, 6.45) is 5.23. The van der Waals surface area contributed by atoms with Gasteiger partial charge in [-0.1, -0.05) is 11.3 Å². The van der Waals surface area contributed by atoms with E-state index in [2.05, 4.69) is 10.3 Å². The van der Waals surface area contributed by atoms with Crippen LogP contribution in [0, 0.1) is 0 Å². The molecular weight excluding hydrogens is 218 g/mol. The van der Waals surface area contributed by atoms with Crippen LogP contribution in [0.3, 0.4) is 0 Å². The van der Waals surface area contributed by atoms with Gasteiger partial charge in [-0.05, 0) is 14.1 Å². The highest BCUT2D eigenvalue weighted by molar-refractivity contribution is 5.87. The van der Waals surface area contributed by atoms with Crippen molar-refractivity contribution in [2.75, 3.05) is 27.2 Å². The third-order valence-corrected chi connectivity index (χ3v) is 2.68. The van der Waals surface area contributed by atoms with Crippen molar-refractivity contribution in [2.45, 2.75) is 13.1 Å². The van der Waals surface area contributed by atoms with Gasteiger partial charge in [-0.25, -0.2) is 4.68 Å². The second-order valence-corrected chi connectivity index (χ2v) is 4.37. The van der Waals surface area contributed by atoms with Crippen LogP contribution in [0.2, 0.25) is 0 Å². The Hall–Kier alpha value is -1.69. The Bertz CT molecular complexity index is 423. The summed E-state index contributed by atoms with van der Waals surface area (Å²) in [6.45, 7) is 2.79. The minimum Gasteiger partial charge on any atom is -0.331 e. The van der Waals surface area contributed by atoms with E-state index in [4.69, 9.17) is 0 Å². The zero-order chi connectivity index (χ0) is 12.3. The maximum atomic E-state index is 11.9. The molecule has 2 heterocycles. The average molecular weight is 235 g/mol. The first kappa shape index (κ1) is 11.8. The summed E-state index contributed by atoms with van der Waals surface area (Å²) in [4.78, 5) is 15.7. The summed E-state index contributed by atoms with van der Waals surface area (Å²) in [5.41, 5.74) is 0.991. The molecule has 6 heteroatoms. The first-order chi connectivity index (χ1) is 8.16. The van der Waals surface area contributed by atoms with Gasteiger partial charge in [0.2, 0.25) is 5.91 Å². The quantitative estimate of drug-likeness (QED) is 0.677. The van der Waals surface area contributed by atoms with Crippen LogP contribution in [-0.4, -0.2) is 57.9 Å². The fourth-order valence-corrected chi connectivity index (χ4v) is 1.74. The van der Waals surface area contributed by atoms with E-state index in [0.717, 1.165) is 18.8 Å². The summed E-state index contributed by atoms with van der Waals surface area (Å²) >= 11 is 0. The molecule has 1 aromatic heterocycles. The fourth-order valence-electron chi connectivity index (χ4n) is 1.74. The van der Waals surface area contributed by atoms with Crippen LogP contribution in [0.4, 0.5) is 0 Å². The summed E-state index contributed by atoms with van der Waals surface area (Å²) in [5, 5.41) is 7.77. The summed E-state index contributed by atoms with van der Waals surface area (Å²) in [7, 11) is 3.94. The van der Waals surface area contributed by atoms with Crippen molar-refractivity contribution in [1.82, 2.24) is 24.8 Å². The van der Waals surface area contributed by atoms with Crippen LogP contribution in [0.1, 0.15) is 5.69 Å². The SMILES string of the molecule is CN(C)C/C=C/C(=O)N1CCn2nncc2C1. The molecule has 0 spiro atoms. The minimum absolute atomic E-state index is 0.0549. The number of nitrogens with zero attached hydrogens (tertiary/aromatic N) is 5. The minimum atomic E-state index is 0.0549. The van der Waals surface area contributed by atoms with Gasteiger partial charge in [0.05, 0.1) is 25.0 Å². The third-order valence-electron chi connectivity index (χ3n) is 2.68. The topological polar surface area (TPSA) is 54.3 Å². The zero-order valence-electron chi connectivity index (χ0n) is 10.2. The number of hydrogen-bond acceptors (Lipinski definition) is 4. The van der Waals surface area contributed by atoms with Gasteiger partial charge in [-0.2, -0.15) is 0 Å². The van der Waals surface area contributed by atoms with Gasteiger partial charge in [0.15, 0.2) is 0 Å². The average Bonchev–Trinajstić information content (AvgIpc) is 2.75. The highest BCUT2D eigenvalue weighted by Crippen LogP contribution is 2.09. The molecule has 0 aromatic carbocycles. The van der Waals surface area contributed by atoms with Crippen molar-refractivity contribution in [2.24, 2.45) is 0 Å². The van der Waals surface area contributed by atoms with E-state index < -0.39 is 0 Å². The Morgan fingerprint density at radius 3 is 3.12 bits per heavy atom. The number of rotatable bonds is 3. The number of likely N-dealkylation sites (N-methyl/N-ethyl adjacent to an activating group) is 1. The molecule has 0 unspecified atom stereocenters. The third kappa shape index (κ3) is 2.91. The number of carbonyl (C=O) groups is 1. The number of hydrogen-bond donors (Lipinski definition) is 0. The maximum Gasteiger partial charge on any atom is 0.246 e. The van der Waals surface area contributed by atoms with Crippen LogP contribution in [0.5, 0.6) is 0 Å². The molecule has 0 bridgehead atoms. The summed E-state index contributed by atoms with van der Waals surface area (Å²) < 4.78 is 1.84. The molecule has 92 valence electrons. The second kappa shape index (κ2) is 5.09. The van der Waals surface area contributed by atoms with Crippen LogP contribution >= 0.6 is 0 Å². The van der Waals surface area contributed by atoms with Gasteiger partial charge >= 0.3 is 0 Å². The number of fused-ring (bicyclic) bond motifs is 1. The smallest absolute Gasteiger partial charge is 0.246 e. The Morgan fingerprint density at radius 1 is 1.53 bits per heavy atom. The normalized spacial score (nSPS) is 15.6. The number of aromatic nitrogens is 3. The molecule has 0 saturated heterocycles.